The predicted molar refractivity (Wildman–Crippen MR) is 52.1 cm³/mol. The summed E-state index contributed by atoms with van der Waals surface area (Å²) < 4.78 is 0. The number of carbonyl (C=O) groups is 2. The van der Waals surface area contributed by atoms with Crippen molar-refractivity contribution >= 4 is 23.3 Å². The summed E-state index contributed by atoms with van der Waals surface area (Å²) in [4.78, 5) is 21.3. The molecule has 0 aliphatic rings. The lowest BCUT2D eigenvalue weighted by atomic mass is 10.1. The normalized spacial score (nSPS) is 9.50. The predicted octanol–water partition coefficient (Wildman–Crippen LogP) is 0.925. The molecule has 0 saturated heterocycles. The van der Waals surface area contributed by atoms with Gasteiger partial charge in [-0.15, -0.1) is 0 Å². The number of rotatable bonds is 2. The van der Waals surface area contributed by atoms with Gasteiger partial charge < -0.3 is 16.2 Å². The largest absolute Gasteiger partial charge is 0.478 e. The van der Waals surface area contributed by atoms with Crippen LogP contribution in [0.5, 0.6) is 0 Å². The van der Waals surface area contributed by atoms with Crippen LogP contribution in [-0.2, 0) is 4.79 Å². The Hall–Kier alpha value is -2.04. The molecular weight excluding hydrogens is 184 g/mol. The van der Waals surface area contributed by atoms with Crippen LogP contribution in [0.3, 0.4) is 0 Å². The van der Waals surface area contributed by atoms with Gasteiger partial charge in [-0.25, -0.2) is 4.79 Å². The number of carboxylic acid groups (broad SMARTS) is 1. The first-order valence-electron chi connectivity index (χ1n) is 3.91. The highest BCUT2D eigenvalue weighted by Gasteiger charge is 2.07. The van der Waals surface area contributed by atoms with E-state index in [2.05, 4.69) is 5.32 Å². The number of carboxylic acids is 1. The van der Waals surface area contributed by atoms with Gasteiger partial charge in [-0.3, -0.25) is 4.79 Å². The average molecular weight is 194 g/mol. The molecule has 4 N–H and O–H groups in total. The Kier molecular flexibility index (Phi) is 2.71. The van der Waals surface area contributed by atoms with Crippen LogP contribution in [-0.4, -0.2) is 17.0 Å². The Morgan fingerprint density at radius 1 is 1.43 bits per heavy atom. The van der Waals surface area contributed by atoms with Gasteiger partial charge in [0.15, 0.2) is 0 Å². The van der Waals surface area contributed by atoms with Crippen LogP contribution in [0.15, 0.2) is 18.2 Å². The molecule has 0 fully saturated rings. The molecule has 1 amide bonds. The van der Waals surface area contributed by atoms with Crippen molar-refractivity contribution in [3.63, 3.8) is 0 Å². The number of nitrogens with two attached hydrogens (primary N) is 1. The molecule has 74 valence electrons. The van der Waals surface area contributed by atoms with E-state index in [1.54, 1.807) is 0 Å². The van der Waals surface area contributed by atoms with Crippen molar-refractivity contribution < 1.29 is 14.7 Å². The van der Waals surface area contributed by atoms with Crippen LogP contribution in [0.4, 0.5) is 11.4 Å². The van der Waals surface area contributed by atoms with E-state index < -0.39 is 5.97 Å². The van der Waals surface area contributed by atoms with Gasteiger partial charge in [0.05, 0.1) is 5.56 Å². The molecule has 0 bridgehead atoms. The van der Waals surface area contributed by atoms with E-state index in [0.29, 0.717) is 5.69 Å². The third-order valence-corrected chi connectivity index (χ3v) is 1.60. The molecule has 0 saturated carbocycles. The number of amides is 1. The highest BCUT2D eigenvalue weighted by atomic mass is 16.4. The third kappa shape index (κ3) is 2.22. The molecule has 0 atom stereocenters. The minimum Gasteiger partial charge on any atom is -0.478 e. The highest BCUT2D eigenvalue weighted by Crippen LogP contribution is 2.17. The molecule has 1 rings (SSSR count). The van der Waals surface area contributed by atoms with Crippen LogP contribution in [0, 0.1) is 0 Å². The fraction of sp³-hybridized carbons (Fsp3) is 0.111. The Bertz CT molecular complexity index is 388. The molecule has 0 aliphatic carbocycles. The second-order valence-corrected chi connectivity index (χ2v) is 2.79. The lowest BCUT2D eigenvalue weighted by Gasteiger charge is -2.05. The number of anilines is 2. The highest BCUT2D eigenvalue weighted by molar-refractivity contribution is 5.96. The minimum absolute atomic E-state index is 0.0269. The lowest BCUT2D eigenvalue weighted by Crippen LogP contribution is -2.08. The van der Waals surface area contributed by atoms with Crippen molar-refractivity contribution in [2.24, 2.45) is 0 Å². The van der Waals surface area contributed by atoms with Gasteiger partial charge in [-0.1, -0.05) is 0 Å². The number of hydrogen-bond acceptors (Lipinski definition) is 3. The van der Waals surface area contributed by atoms with Crippen LogP contribution in [0.25, 0.3) is 0 Å². The molecule has 0 radical (unpaired) electrons. The third-order valence-electron chi connectivity index (χ3n) is 1.60. The summed E-state index contributed by atoms with van der Waals surface area (Å²) in [7, 11) is 0. The zero-order valence-electron chi connectivity index (χ0n) is 7.57. The summed E-state index contributed by atoms with van der Waals surface area (Å²) in [6, 6.07) is 4.25. The van der Waals surface area contributed by atoms with Gasteiger partial charge in [-0.05, 0) is 18.2 Å². The molecule has 1 aromatic rings. The first-order valence-corrected chi connectivity index (χ1v) is 3.91. The van der Waals surface area contributed by atoms with Gasteiger partial charge in [0.2, 0.25) is 5.91 Å². The molecule has 1 aromatic carbocycles. The summed E-state index contributed by atoms with van der Waals surface area (Å²) in [6.45, 7) is 1.36. The van der Waals surface area contributed by atoms with Crippen LogP contribution < -0.4 is 11.1 Å². The Morgan fingerprint density at radius 3 is 2.50 bits per heavy atom. The number of carbonyl (C=O) groups excluding carboxylic acids is 1. The van der Waals surface area contributed by atoms with E-state index in [1.807, 2.05) is 0 Å². The summed E-state index contributed by atoms with van der Waals surface area (Å²) >= 11 is 0. The first kappa shape index (κ1) is 10.0. The fourth-order valence-electron chi connectivity index (χ4n) is 1.04. The average Bonchev–Trinajstić information content (AvgIpc) is 2.01. The SMILES string of the molecule is CC(=O)Nc1ccc(C(=O)O)c(N)c1. The molecular formula is C9H10N2O3. The molecule has 5 heteroatoms. The second kappa shape index (κ2) is 3.78. The second-order valence-electron chi connectivity index (χ2n) is 2.79. The Labute approximate surface area is 80.5 Å². The zero-order chi connectivity index (χ0) is 10.7. The molecule has 0 unspecified atom stereocenters. The van der Waals surface area contributed by atoms with E-state index in [9.17, 15) is 9.59 Å². The number of nitrogens with one attached hydrogen (secondary N) is 1. The van der Waals surface area contributed by atoms with Crippen LogP contribution in [0.1, 0.15) is 17.3 Å². The molecule has 0 aliphatic heterocycles. The van der Waals surface area contributed by atoms with Gasteiger partial charge in [0.1, 0.15) is 0 Å². The zero-order valence-corrected chi connectivity index (χ0v) is 7.57. The molecule has 0 aromatic heterocycles. The smallest absolute Gasteiger partial charge is 0.337 e. The topological polar surface area (TPSA) is 92.4 Å². The summed E-state index contributed by atoms with van der Waals surface area (Å²) in [5.41, 5.74) is 6.11. The van der Waals surface area contributed by atoms with E-state index in [4.69, 9.17) is 10.8 Å². The van der Waals surface area contributed by atoms with E-state index >= 15 is 0 Å². The lowest BCUT2D eigenvalue weighted by molar-refractivity contribution is -0.114. The summed E-state index contributed by atoms with van der Waals surface area (Å²) in [6.07, 6.45) is 0. The van der Waals surface area contributed by atoms with E-state index in [1.165, 1.54) is 25.1 Å². The molecule has 14 heavy (non-hydrogen) atoms. The van der Waals surface area contributed by atoms with E-state index in [-0.39, 0.29) is 17.2 Å². The Balaban J connectivity index is 3.00. The quantitative estimate of drug-likeness (QED) is 0.610. The summed E-state index contributed by atoms with van der Waals surface area (Å²) in [5.74, 6) is -1.32. The maximum atomic E-state index is 10.7. The summed E-state index contributed by atoms with van der Waals surface area (Å²) in [5, 5.41) is 11.2. The minimum atomic E-state index is -1.09. The Morgan fingerprint density at radius 2 is 2.07 bits per heavy atom. The van der Waals surface area contributed by atoms with Crippen molar-refractivity contribution in [3.05, 3.63) is 23.8 Å². The van der Waals surface area contributed by atoms with Crippen LogP contribution in [0.2, 0.25) is 0 Å². The van der Waals surface area contributed by atoms with E-state index in [0.717, 1.165) is 0 Å². The van der Waals surface area contributed by atoms with Gasteiger partial charge in [0, 0.05) is 18.3 Å². The maximum absolute atomic E-state index is 10.7. The van der Waals surface area contributed by atoms with Crippen molar-refractivity contribution in [2.45, 2.75) is 6.92 Å². The molecule has 0 spiro atoms. The van der Waals surface area contributed by atoms with Crippen LogP contribution >= 0.6 is 0 Å². The van der Waals surface area contributed by atoms with Gasteiger partial charge >= 0.3 is 5.97 Å². The number of nitrogen functional groups attached to an aromatic ring is 1. The van der Waals surface area contributed by atoms with Crippen molar-refractivity contribution in [2.75, 3.05) is 11.1 Å². The number of hydrogen-bond donors (Lipinski definition) is 3. The first-order chi connectivity index (χ1) is 6.50. The number of aromatic carboxylic acids is 1. The van der Waals surface area contributed by atoms with Gasteiger partial charge in [-0.2, -0.15) is 0 Å². The maximum Gasteiger partial charge on any atom is 0.337 e. The van der Waals surface area contributed by atoms with Gasteiger partial charge in [0.25, 0.3) is 0 Å². The standard InChI is InChI=1S/C9H10N2O3/c1-5(12)11-6-2-3-7(9(13)14)8(10)4-6/h2-4H,10H2,1H3,(H,11,12)(H,13,14). The monoisotopic (exact) mass is 194 g/mol. The molecule has 5 nitrogen and oxygen atoms in total. The fourth-order valence-corrected chi connectivity index (χ4v) is 1.04. The van der Waals surface area contributed by atoms with Crippen molar-refractivity contribution in [1.82, 2.24) is 0 Å². The van der Waals surface area contributed by atoms with Crippen molar-refractivity contribution in [3.8, 4) is 0 Å². The number of benzene rings is 1. The molecule has 0 heterocycles. The van der Waals surface area contributed by atoms with Crippen molar-refractivity contribution in [1.29, 1.82) is 0 Å².